The molecule has 1 N–H and O–H groups in total. The third-order valence-electron chi connectivity index (χ3n) is 5.12. The molecule has 0 aliphatic carbocycles. The van der Waals surface area contributed by atoms with E-state index >= 15 is 0 Å². The predicted molar refractivity (Wildman–Crippen MR) is 123 cm³/mol. The molecule has 0 aliphatic heterocycles. The Labute approximate surface area is 182 Å². The Kier molecular flexibility index (Phi) is 6.36. The zero-order valence-electron chi connectivity index (χ0n) is 17.3. The van der Waals surface area contributed by atoms with Gasteiger partial charge in [-0.25, -0.2) is 13.1 Å². The van der Waals surface area contributed by atoms with Gasteiger partial charge < -0.3 is 4.90 Å². The van der Waals surface area contributed by atoms with Crippen molar-refractivity contribution in [3.8, 4) is 11.1 Å². The summed E-state index contributed by atoms with van der Waals surface area (Å²) >= 11 is 0. The highest BCUT2D eigenvalue weighted by atomic mass is 32.2. The number of likely N-dealkylation sites (N-methyl/N-ethyl adjacent to an activating group) is 1. The maximum atomic E-state index is 12.8. The van der Waals surface area contributed by atoms with Crippen molar-refractivity contribution in [2.45, 2.75) is 11.4 Å². The smallest absolute Gasteiger partial charge is 0.241 e. The predicted octanol–water partition coefficient (Wildman–Crippen LogP) is 3.71. The van der Waals surface area contributed by atoms with E-state index in [1.165, 1.54) is 5.56 Å². The van der Waals surface area contributed by atoms with Crippen LogP contribution in [0.25, 0.3) is 21.9 Å². The summed E-state index contributed by atoms with van der Waals surface area (Å²) in [5, 5.41) is 1.48. The second-order valence-corrected chi connectivity index (χ2v) is 9.16. The fourth-order valence-corrected chi connectivity index (χ4v) is 4.75. The van der Waals surface area contributed by atoms with E-state index in [1.807, 2.05) is 31.4 Å². The molecule has 31 heavy (non-hydrogen) atoms. The van der Waals surface area contributed by atoms with Crippen molar-refractivity contribution in [2.75, 3.05) is 20.1 Å². The lowest BCUT2D eigenvalue weighted by Gasteiger charge is -2.17. The van der Waals surface area contributed by atoms with Gasteiger partial charge in [0.05, 0.1) is 4.90 Å². The summed E-state index contributed by atoms with van der Waals surface area (Å²) in [5.74, 6) is 0. The van der Waals surface area contributed by atoms with E-state index in [2.05, 4.69) is 43.9 Å². The Hall–Kier alpha value is -3.13. The Morgan fingerprint density at radius 3 is 2.45 bits per heavy atom. The Morgan fingerprint density at radius 2 is 1.68 bits per heavy atom. The lowest BCUT2D eigenvalue weighted by atomic mass is 10.1. The van der Waals surface area contributed by atoms with Crippen molar-refractivity contribution < 1.29 is 8.42 Å². The summed E-state index contributed by atoms with van der Waals surface area (Å²) in [7, 11) is -1.62. The van der Waals surface area contributed by atoms with Crippen LogP contribution < -0.4 is 4.72 Å². The van der Waals surface area contributed by atoms with E-state index in [9.17, 15) is 8.42 Å². The van der Waals surface area contributed by atoms with Gasteiger partial charge in [-0.15, -0.1) is 0 Å². The van der Waals surface area contributed by atoms with Crippen molar-refractivity contribution >= 4 is 20.8 Å². The van der Waals surface area contributed by atoms with E-state index in [0.29, 0.717) is 18.5 Å². The molecular weight excluding hydrogens is 408 g/mol. The number of nitrogens with zero attached hydrogens (tertiary/aromatic N) is 3. The van der Waals surface area contributed by atoms with Crippen LogP contribution in [0.15, 0.2) is 90.3 Å². The molecule has 0 fully saturated rings. The van der Waals surface area contributed by atoms with Crippen LogP contribution in [0, 0.1) is 0 Å². The van der Waals surface area contributed by atoms with Crippen LogP contribution in [0.5, 0.6) is 0 Å². The molecule has 4 aromatic rings. The van der Waals surface area contributed by atoms with Gasteiger partial charge in [-0.05, 0) is 41.9 Å². The highest BCUT2D eigenvalue weighted by Crippen LogP contribution is 2.22. The van der Waals surface area contributed by atoms with Crippen LogP contribution in [-0.2, 0) is 16.6 Å². The molecule has 7 heteroatoms. The molecule has 158 valence electrons. The Balaban J connectivity index is 1.34. The lowest BCUT2D eigenvalue weighted by Crippen LogP contribution is -2.32. The standard InChI is InChI=1S/C24H24N4O2S/c1-28(18-19-7-9-20(10-8-19)21-5-3-12-25-16-21)15-14-27-31(29,30)24-6-2-4-22-17-26-13-11-23(22)24/h2-13,16-17,27H,14-15,18H2,1H3. The summed E-state index contributed by atoms with van der Waals surface area (Å²) in [6, 6.07) is 19.2. The van der Waals surface area contributed by atoms with E-state index in [4.69, 9.17) is 0 Å². The third-order valence-corrected chi connectivity index (χ3v) is 6.64. The van der Waals surface area contributed by atoms with Crippen LogP contribution in [0.4, 0.5) is 0 Å². The first-order chi connectivity index (χ1) is 15.0. The SMILES string of the molecule is CN(CCNS(=O)(=O)c1cccc2cnccc12)Cc1ccc(-c2cccnc2)cc1. The van der Waals surface area contributed by atoms with Gasteiger partial charge in [0.1, 0.15) is 0 Å². The molecule has 0 unspecified atom stereocenters. The maximum Gasteiger partial charge on any atom is 0.241 e. The molecular formula is C24H24N4O2S. The highest BCUT2D eigenvalue weighted by Gasteiger charge is 2.17. The Morgan fingerprint density at radius 1 is 0.871 bits per heavy atom. The van der Waals surface area contributed by atoms with E-state index < -0.39 is 10.0 Å². The molecule has 2 aromatic carbocycles. The third kappa shape index (κ3) is 5.14. The molecule has 0 aliphatic rings. The van der Waals surface area contributed by atoms with Gasteiger partial charge in [0.15, 0.2) is 0 Å². The summed E-state index contributed by atoms with van der Waals surface area (Å²) in [5.41, 5.74) is 3.37. The maximum absolute atomic E-state index is 12.8. The minimum atomic E-state index is -3.60. The van der Waals surface area contributed by atoms with Gasteiger partial charge in [0.2, 0.25) is 10.0 Å². The van der Waals surface area contributed by atoms with Crippen LogP contribution in [0.3, 0.4) is 0 Å². The largest absolute Gasteiger partial charge is 0.301 e. The van der Waals surface area contributed by atoms with Gasteiger partial charge in [0, 0.05) is 55.2 Å². The van der Waals surface area contributed by atoms with Crippen molar-refractivity contribution in [1.82, 2.24) is 19.6 Å². The number of aromatic nitrogens is 2. The minimum Gasteiger partial charge on any atom is -0.301 e. The topological polar surface area (TPSA) is 75.2 Å². The lowest BCUT2D eigenvalue weighted by molar-refractivity contribution is 0.332. The first-order valence-corrected chi connectivity index (χ1v) is 11.5. The van der Waals surface area contributed by atoms with Crippen molar-refractivity contribution in [2.24, 2.45) is 0 Å². The zero-order chi connectivity index (χ0) is 21.7. The average molecular weight is 433 g/mol. The van der Waals surface area contributed by atoms with E-state index in [1.54, 1.807) is 36.8 Å². The molecule has 2 aromatic heterocycles. The first kappa shape index (κ1) is 21.1. The van der Waals surface area contributed by atoms with Crippen molar-refractivity contribution in [1.29, 1.82) is 0 Å². The number of rotatable bonds is 8. The minimum absolute atomic E-state index is 0.279. The number of pyridine rings is 2. The van der Waals surface area contributed by atoms with E-state index in [0.717, 1.165) is 23.1 Å². The fraction of sp³-hybridized carbons (Fsp3) is 0.167. The van der Waals surface area contributed by atoms with Gasteiger partial charge in [-0.3, -0.25) is 9.97 Å². The van der Waals surface area contributed by atoms with Crippen molar-refractivity contribution in [3.63, 3.8) is 0 Å². The van der Waals surface area contributed by atoms with Crippen molar-refractivity contribution in [3.05, 3.63) is 91.0 Å². The molecule has 0 saturated carbocycles. The second-order valence-electron chi connectivity index (χ2n) is 7.43. The number of hydrogen-bond donors (Lipinski definition) is 1. The summed E-state index contributed by atoms with van der Waals surface area (Å²) in [6.45, 7) is 1.65. The van der Waals surface area contributed by atoms with Crippen LogP contribution in [0.2, 0.25) is 0 Å². The van der Waals surface area contributed by atoms with Gasteiger partial charge >= 0.3 is 0 Å². The van der Waals surface area contributed by atoms with Crippen LogP contribution in [0.1, 0.15) is 5.56 Å². The average Bonchev–Trinajstić information content (AvgIpc) is 2.79. The molecule has 0 spiro atoms. The normalized spacial score (nSPS) is 11.8. The molecule has 2 heterocycles. The summed E-state index contributed by atoms with van der Waals surface area (Å²) in [4.78, 5) is 10.6. The van der Waals surface area contributed by atoms with Gasteiger partial charge in [0.25, 0.3) is 0 Å². The summed E-state index contributed by atoms with van der Waals surface area (Å²) in [6.07, 6.45) is 6.88. The van der Waals surface area contributed by atoms with Gasteiger partial charge in [-0.2, -0.15) is 0 Å². The molecule has 0 saturated heterocycles. The van der Waals surface area contributed by atoms with Crippen LogP contribution >= 0.6 is 0 Å². The number of benzene rings is 2. The van der Waals surface area contributed by atoms with Gasteiger partial charge in [-0.1, -0.05) is 42.5 Å². The molecule has 0 amide bonds. The van der Waals surface area contributed by atoms with Crippen LogP contribution in [-0.4, -0.2) is 43.4 Å². The first-order valence-electron chi connectivity index (χ1n) is 10.0. The zero-order valence-corrected chi connectivity index (χ0v) is 18.1. The molecule has 0 bridgehead atoms. The second kappa shape index (κ2) is 9.34. The molecule has 0 radical (unpaired) electrons. The molecule has 4 rings (SSSR count). The number of nitrogens with one attached hydrogen (secondary N) is 1. The van der Waals surface area contributed by atoms with E-state index in [-0.39, 0.29) is 4.90 Å². The highest BCUT2D eigenvalue weighted by molar-refractivity contribution is 7.89. The monoisotopic (exact) mass is 432 g/mol. The molecule has 6 nitrogen and oxygen atoms in total. The Bertz CT molecular complexity index is 1250. The number of sulfonamides is 1. The number of hydrogen-bond acceptors (Lipinski definition) is 5. The quantitative estimate of drug-likeness (QED) is 0.459. The number of fused-ring (bicyclic) bond motifs is 1. The summed E-state index contributed by atoms with van der Waals surface area (Å²) < 4.78 is 28.3. The molecule has 0 atom stereocenters. The fourth-order valence-electron chi connectivity index (χ4n) is 3.50.